The van der Waals surface area contributed by atoms with Crippen molar-refractivity contribution < 1.29 is 4.79 Å². The summed E-state index contributed by atoms with van der Waals surface area (Å²) in [6, 6.07) is 10.4. The molecule has 1 rings (SSSR count). The number of rotatable bonds is 7. The molecule has 0 saturated carbocycles. The van der Waals surface area contributed by atoms with Crippen LogP contribution in [0.3, 0.4) is 0 Å². The molecular weight excluding hydrogens is 238 g/mol. The van der Waals surface area contributed by atoms with Crippen LogP contribution in [0.2, 0.25) is 0 Å². The fraction of sp³-hybridized carbons (Fsp3) is 0.467. The summed E-state index contributed by atoms with van der Waals surface area (Å²) in [5.41, 5.74) is 2.48. The van der Waals surface area contributed by atoms with E-state index in [-0.39, 0.29) is 12.5 Å². The van der Waals surface area contributed by atoms with E-state index in [1.54, 1.807) is 0 Å². The molecule has 19 heavy (non-hydrogen) atoms. The van der Waals surface area contributed by atoms with Gasteiger partial charge in [-0.3, -0.25) is 4.79 Å². The summed E-state index contributed by atoms with van der Waals surface area (Å²) in [5, 5.41) is 14.1. The molecule has 0 radical (unpaired) electrons. The number of hydrogen-bond donors (Lipinski definition) is 2. The molecule has 0 aliphatic rings. The molecule has 0 spiro atoms. The van der Waals surface area contributed by atoms with Gasteiger partial charge in [-0.1, -0.05) is 38.1 Å². The Morgan fingerprint density at radius 3 is 2.58 bits per heavy atom. The Labute approximate surface area is 114 Å². The minimum Gasteiger partial charge on any atom is -0.354 e. The smallest absolute Gasteiger partial charge is 0.234 e. The van der Waals surface area contributed by atoms with Gasteiger partial charge in [-0.25, -0.2) is 0 Å². The van der Waals surface area contributed by atoms with Crippen LogP contribution in [0, 0.1) is 11.3 Å². The molecule has 0 fully saturated rings. The standard InChI is InChI=1S/C15H21N3O/c1-12(2)14-6-4-13(5-7-14)10-17-11-15(19)18-9-3-8-16/h4-7,12,17H,3,9-11H2,1-2H3,(H,18,19). The summed E-state index contributed by atoms with van der Waals surface area (Å²) >= 11 is 0. The highest BCUT2D eigenvalue weighted by Crippen LogP contribution is 2.14. The molecule has 1 amide bonds. The van der Waals surface area contributed by atoms with Crippen LogP contribution in [-0.2, 0) is 11.3 Å². The molecule has 4 heteroatoms. The fourth-order valence-corrected chi connectivity index (χ4v) is 1.66. The van der Waals surface area contributed by atoms with E-state index in [9.17, 15) is 4.79 Å². The van der Waals surface area contributed by atoms with Gasteiger partial charge < -0.3 is 10.6 Å². The van der Waals surface area contributed by atoms with Crippen LogP contribution >= 0.6 is 0 Å². The Morgan fingerprint density at radius 2 is 2.00 bits per heavy atom. The van der Waals surface area contributed by atoms with E-state index in [1.165, 1.54) is 5.56 Å². The maximum Gasteiger partial charge on any atom is 0.234 e. The van der Waals surface area contributed by atoms with E-state index in [0.717, 1.165) is 5.56 Å². The molecule has 0 aliphatic carbocycles. The minimum absolute atomic E-state index is 0.0750. The van der Waals surface area contributed by atoms with Gasteiger partial charge in [-0.15, -0.1) is 0 Å². The van der Waals surface area contributed by atoms with Crippen LogP contribution in [0.1, 0.15) is 37.3 Å². The van der Waals surface area contributed by atoms with E-state index < -0.39 is 0 Å². The van der Waals surface area contributed by atoms with Crippen molar-refractivity contribution in [3.8, 4) is 6.07 Å². The Morgan fingerprint density at radius 1 is 1.32 bits per heavy atom. The van der Waals surface area contributed by atoms with E-state index in [0.29, 0.717) is 25.4 Å². The summed E-state index contributed by atoms with van der Waals surface area (Å²) in [6.45, 7) is 5.69. The molecule has 0 heterocycles. The number of hydrogen-bond acceptors (Lipinski definition) is 3. The van der Waals surface area contributed by atoms with Gasteiger partial charge in [0.2, 0.25) is 5.91 Å². The first-order valence-electron chi connectivity index (χ1n) is 6.56. The Hall–Kier alpha value is -1.86. The molecular formula is C15H21N3O. The first-order valence-corrected chi connectivity index (χ1v) is 6.56. The molecule has 4 nitrogen and oxygen atoms in total. The quantitative estimate of drug-likeness (QED) is 0.735. The number of amides is 1. The van der Waals surface area contributed by atoms with Crippen molar-refractivity contribution in [2.24, 2.45) is 0 Å². The Bertz CT molecular complexity index is 432. The Kier molecular flexibility index (Phi) is 6.62. The van der Waals surface area contributed by atoms with Crippen molar-refractivity contribution in [2.45, 2.75) is 32.7 Å². The van der Waals surface area contributed by atoms with Gasteiger partial charge in [-0.05, 0) is 17.0 Å². The largest absolute Gasteiger partial charge is 0.354 e. The van der Waals surface area contributed by atoms with Crippen molar-refractivity contribution in [3.63, 3.8) is 0 Å². The monoisotopic (exact) mass is 259 g/mol. The molecule has 0 bridgehead atoms. The number of benzene rings is 1. The van der Waals surface area contributed by atoms with Gasteiger partial charge in [0.15, 0.2) is 0 Å². The third-order valence-corrected chi connectivity index (χ3v) is 2.82. The molecule has 0 aromatic heterocycles. The number of nitrogens with one attached hydrogen (secondary N) is 2. The summed E-state index contributed by atoms with van der Waals surface area (Å²) in [6.07, 6.45) is 0.350. The van der Waals surface area contributed by atoms with E-state index >= 15 is 0 Å². The summed E-state index contributed by atoms with van der Waals surface area (Å²) < 4.78 is 0. The van der Waals surface area contributed by atoms with Crippen LogP contribution in [-0.4, -0.2) is 19.0 Å². The molecule has 0 unspecified atom stereocenters. The molecule has 1 aromatic carbocycles. The summed E-state index contributed by atoms with van der Waals surface area (Å²) in [4.78, 5) is 11.4. The predicted molar refractivity (Wildman–Crippen MR) is 75.5 cm³/mol. The van der Waals surface area contributed by atoms with Crippen molar-refractivity contribution in [1.29, 1.82) is 5.26 Å². The number of carbonyl (C=O) groups excluding carboxylic acids is 1. The predicted octanol–water partition coefficient (Wildman–Crippen LogP) is 1.93. The highest BCUT2D eigenvalue weighted by atomic mass is 16.1. The van der Waals surface area contributed by atoms with Crippen molar-refractivity contribution in [2.75, 3.05) is 13.1 Å². The highest BCUT2D eigenvalue weighted by Gasteiger charge is 2.01. The lowest BCUT2D eigenvalue weighted by Gasteiger charge is -2.08. The number of nitrogens with zero attached hydrogens (tertiary/aromatic N) is 1. The second kappa shape index (κ2) is 8.28. The number of carbonyl (C=O) groups is 1. The zero-order valence-electron chi connectivity index (χ0n) is 11.6. The van der Waals surface area contributed by atoms with Crippen LogP contribution in [0.25, 0.3) is 0 Å². The zero-order chi connectivity index (χ0) is 14.1. The maximum atomic E-state index is 11.4. The maximum absolute atomic E-state index is 11.4. The van der Waals surface area contributed by atoms with Gasteiger partial charge in [0.1, 0.15) is 0 Å². The topological polar surface area (TPSA) is 64.9 Å². The van der Waals surface area contributed by atoms with Gasteiger partial charge in [0, 0.05) is 13.1 Å². The normalized spacial score (nSPS) is 10.2. The van der Waals surface area contributed by atoms with Crippen LogP contribution in [0.5, 0.6) is 0 Å². The lowest BCUT2D eigenvalue weighted by molar-refractivity contribution is -0.120. The lowest BCUT2D eigenvalue weighted by Crippen LogP contribution is -2.34. The Balaban J connectivity index is 2.25. The molecule has 0 aliphatic heterocycles. The van der Waals surface area contributed by atoms with Gasteiger partial charge >= 0.3 is 0 Å². The summed E-state index contributed by atoms with van der Waals surface area (Å²) in [7, 11) is 0. The van der Waals surface area contributed by atoms with E-state index in [1.807, 2.05) is 6.07 Å². The van der Waals surface area contributed by atoms with Crippen molar-refractivity contribution >= 4 is 5.91 Å². The average molecular weight is 259 g/mol. The van der Waals surface area contributed by atoms with Crippen LogP contribution < -0.4 is 10.6 Å². The first-order chi connectivity index (χ1) is 9.13. The fourth-order valence-electron chi connectivity index (χ4n) is 1.66. The van der Waals surface area contributed by atoms with Gasteiger partial charge in [-0.2, -0.15) is 5.26 Å². The van der Waals surface area contributed by atoms with Gasteiger partial charge in [0.05, 0.1) is 19.0 Å². The zero-order valence-corrected chi connectivity index (χ0v) is 11.6. The lowest BCUT2D eigenvalue weighted by atomic mass is 10.0. The van der Waals surface area contributed by atoms with Crippen molar-refractivity contribution in [1.82, 2.24) is 10.6 Å². The van der Waals surface area contributed by atoms with E-state index in [4.69, 9.17) is 5.26 Å². The first kappa shape index (κ1) is 15.2. The average Bonchev–Trinajstić information content (AvgIpc) is 2.39. The number of nitriles is 1. The van der Waals surface area contributed by atoms with Crippen LogP contribution in [0.15, 0.2) is 24.3 Å². The van der Waals surface area contributed by atoms with Crippen molar-refractivity contribution in [3.05, 3.63) is 35.4 Å². The molecule has 0 atom stereocenters. The molecule has 102 valence electrons. The molecule has 0 saturated heterocycles. The molecule has 2 N–H and O–H groups in total. The van der Waals surface area contributed by atoms with Gasteiger partial charge in [0.25, 0.3) is 0 Å². The second-order valence-corrected chi connectivity index (χ2v) is 4.76. The molecule has 1 aromatic rings. The minimum atomic E-state index is -0.0750. The highest BCUT2D eigenvalue weighted by molar-refractivity contribution is 5.77. The van der Waals surface area contributed by atoms with E-state index in [2.05, 4.69) is 48.7 Å². The SMILES string of the molecule is CC(C)c1ccc(CNCC(=O)NCCC#N)cc1. The van der Waals surface area contributed by atoms with Crippen LogP contribution in [0.4, 0.5) is 0 Å². The second-order valence-electron chi connectivity index (χ2n) is 4.76. The third kappa shape index (κ3) is 6.03. The summed E-state index contributed by atoms with van der Waals surface area (Å²) in [5.74, 6) is 0.460. The third-order valence-electron chi connectivity index (χ3n) is 2.82.